The van der Waals surface area contributed by atoms with E-state index in [1.165, 1.54) is 12.1 Å². The average molecular weight is 412 g/mol. The van der Waals surface area contributed by atoms with Crippen LogP contribution < -0.4 is 16.0 Å². The van der Waals surface area contributed by atoms with Gasteiger partial charge in [0.1, 0.15) is 11.4 Å². The molecule has 3 N–H and O–H groups in total. The summed E-state index contributed by atoms with van der Waals surface area (Å²) in [6, 6.07) is 4.69. The Labute approximate surface area is 147 Å². The topological polar surface area (TPSA) is 155 Å². The molecule has 1 heterocycles. The minimum absolute atomic E-state index is 0.205. The number of nitrogens with zero attached hydrogens (tertiary/aromatic N) is 1. The van der Waals surface area contributed by atoms with E-state index in [0.29, 0.717) is 10.0 Å². The molecule has 0 bridgehead atoms. The maximum atomic E-state index is 11.6. The number of carbonyl (C=O) groups is 1. The Balaban J connectivity index is 2.48. The van der Waals surface area contributed by atoms with Gasteiger partial charge in [-0.2, -0.15) is 0 Å². The van der Waals surface area contributed by atoms with Crippen LogP contribution in [0, 0.1) is 10.1 Å². The van der Waals surface area contributed by atoms with E-state index in [4.69, 9.17) is 9.84 Å². The summed E-state index contributed by atoms with van der Waals surface area (Å²) in [4.78, 5) is 47.5. The van der Waals surface area contributed by atoms with Gasteiger partial charge in [0, 0.05) is 10.0 Å². The first-order valence-electron chi connectivity index (χ1n) is 6.61. The number of carboxylic acid groups (broad SMARTS) is 1. The lowest BCUT2D eigenvalue weighted by Crippen LogP contribution is -2.25. The number of aliphatic carboxylic acids is 1. The van der Waals surface area contributed by atoms with Crippen LogP contribution in [0.5, 0.6) is 5.75 Å². The molecule has 1 aromatic carbocycles. The molecule has 0 unspecified atom stereocenters. The predicted molar refractivity (Wildman–Crippen MR) is 90.5 cm³/mol. The maximum Gasteiger partial charge on any atom is 0.357 e. The normalized spacial score (nSPS) is 10.8. The largest absolute Gasteiger partial charge is 0.481 e. The van der Waals surface area contributed by atoms with Gasteiger partial charge in [-0.05, 0) is 30.4 Å². The number of H-pyrrole nitrogens is 2. The number of hydrogen-bond acceptors (Lipinski definition) is 6. The van der Waals surface area contributed by atoms with Gasteiger partial charge in [-0.3, -0.25) is 19.9 Å². The molecule has 0 spiro atoms. The van der Waals surface area contributed by atoms with E-state index in [1.807, 2.05) is 0 Å². The molecule has 0 atom stereocenters. The first-order valence-corrected chi connectivity index (χ1v) is 7.40. The monoisotopic (exact) mass is 411 g/mol. The van der Waals surface area contributed by atoms with Crippen molar-refractivity contribution in [2.24, 2.45) is 0 Å². The highest BCUT2D eigenvalue weighted by molar-refractivity contribution is 9.10. The molecule has 0 aliphatic carbocycles. The molecule has 0 aliphatic rings. The molecule has 10 nitrogen and oxygen atoms in total. The zero-order chi connectivity index (χ0) is 18.6. The van der Waals surface area contributed by atoms with E-state index >= 15 is 0 Å². The summed E-state index contributed by atoms with van der Waals surface area (Å²) in [6.07, 6.45) is 2.50. The summed E-state index contributed by atoms with van der Waals surface area (Å²) in [5.74, 6) is -0.968. The van der Waals surface area contributed by atoms with Gasteiger partial charge < -0.3 is 14.8 Å². The zero-order valence-corrected chi connectivity index (χ0v) is 13.9. The molecule has 2 rings (SSSR count). The Morgan fingerprint density at radius 2 is 2.04 bits per heavy atom. The number of hydrogen-bond donors (Lipinski definition) is 3. The van der Waals surface area contributed by atoms with Crippen LogP contribution in [0.15, 0.2) is 32.3 Å². The number of benzene rings is 1. The van der Waals surface area contributed by atoms with Gasteiger partial charge in [0.2, 0.25) is 0 Å². The molecule has 0 aliphatic heterocycles. The van der Waals surface area contributed by atoms with Crippen molar-refractivity contribution >= 4 is 39.7 Å². The SMILES string of the molecule is O=C(O)COc1ccc(Br)cc1/C=C\c1[nH]c(=O)[nH]c(=O)c1[N+](=O)[O-]. The van der Waals surface area contributed by atoms with E-state index in [1.54, 1.807) is 17.1 Å². The van der Waals surface area contributed by atoms with Crippen molar-refractivity contribution in [2.75, 3.05) is 6.61 Å². The highest BCUT2D eigenvalue weighted by atomic mass is 79.9. The van der Waals surface area contributed by atoms with E-state index in [9.17, 15) is 24.5 Å². The number of halogens is 1. The van der Waals surface area contributed by atoms with Crippen molar-refractivity contribution in [2.45, 2.75) is 0 Å². The number of nitro groups is 1. The lowest BCUT2D eigenvalue weighted by Gasteiger charge is -2.07. The van der Waals surface area contributed by atoms with Crippen LogP contribution in [0.3, 0.4) is 0 Å². The summed E-state index contributed by atoms with van der Waals surface area (Å²) in [7, 11) is 0. The quantitative estimate of drug-likeness (QED) is 0.478. The molecule has 0 saturated carbocycles. The lowest BCUT2D eigenvalue weighted by molar-refractivity contribution is -0.386. The molecule has 0 radical (unpaired) electrons. The second kappa shape index (κ2) is 7.57. The van der Waals surface area contributed by atoms with Gasteiger partial charge in [-0.15, -0.1) is 0 Å². The molecular formula is C14H10BrN3O7. The fourth-order valence-corrected chi connectivity index (χ4v) is 2.27. The number of aromatic amines is 2. The second-order valence-electron chi connectivity index (χ2n) is 4.63. The number of rotatable bonds is 6. The summed E-state index contributed by atoms with van der Waals surface area (Å²) >= 11 is 3.24. The van der Waals surface area contributed by atoms with Gasteiger partial charge >= 0.3 is 22.9 Å². The third-order valence-corrected chi connectivity index (χ3v) is 3.37. The van der Waals surface area contributed by atoms with Crippen molar-refractivity contribution in [3.63, 3.8) is 0 Å². The third kappa shape index (κ3) is 4.64. The van der Waals surface area contributed by atoms with Crippen molar-refractivity contribution in [3.8, 4) is 5.75 Å². The fraction of sp³-hybridized carbons (Fsp3) is 0.0714. The number of ether oxygens (including phenoxy) is 1. The standard InChI is InChI=1S/C14H10BrN3O7/c15-8-2-4-10(25-6-11(19)20)7(5-8)1-3-9-12(18(23)24)13(21)17-14(22)16-9/h1-5H,6H2,(H,19,20)(H2,16,17,21,22)/b3-1-. The van der Waals surface area contributed by atoms with E-state index in [0.717, 1.165) is 6.08 Å². The first kappa shape index (κ1) is 18.1. The maximum absolute atomic E-state index is 11.6. The predicted octanol–water partition coefficient (Wildman–Crippen LogP) is 1.37. The number of nitrogens with one attached hydrogen (secondary N) is 2. The lowest BCUT2D eigenvalue weighted by atomic mass is 10.1. The molecule has 1 aromatic heterocycles. The molecule has 0 amide bonds. The molecule has 2 aromatic rings. The summed E-state index contributed by atoms with van der Waals surface area (Å²) in [5.41, 5.74) is -2.77. The molecule has 0 saturated heterocycles. The average Bonchev–Trinajstić information content (AvgIpc) is 2.50. The van der Waals surface area contributed by atoms with Crippen LogP contribution in [0.4, 0.5) is 5.69 Å². The van der Waals surface area contributed by atoms with E-state index < -0.39 is 34.4 Å². The van der Waals surface area contributed by atoms with Crippen LogP contribution in [0.25, 0.3) is 12.2 Å². The van der Waals surface area contributed by atoms with Crippen molar-refractivity contribution in [3.05, 3.63) is 64.9 Å². The Bertz CT molecular complexity index is 977. The minimum atomic E-state index is -1.17. The summed E-state index contributed by atoms with van der Waals surface area (Å²) in [6.45, 7) is -0.579. The van der Waals surface area contributed by atoms with Gasteiger partial charge in [-0.25, -0.2) is 9.59 Å². The molecular weight excluding hydrogens is 402 g/mol. The Morgan fingerprint density at radius 3 is 2.68 bits per heavy atom. The van der Waals surface area contributed by atoms with Crippen molar-refractivity contribution in [1.82, 2.24) is 9.97 Å². The van der Waals surface area contributed by atoms with Crippen molar-refractivity contribution < 1.29 is 19.6 Å². The first-order chi connectivity index (χ1) is 11.8. The van der Waals surface area contributed by atoms with E-state index in [2.05, 4.69) is 20.9 Å². The highest BCUT2D eigenvalue weighted by Gasteiger charge is 2.19. The second-order valence-corrected chi connectivity index (χ2v) is 5.54. The number of aromatic nitrogens is 2. The molecule has 25 heavy (non-hydrogen) atoms. The Hall–Kier alpha value is -3.21. The van der Waals surface area contributed by atoms with Gasteiger partial charge in [0.25, 0.3) is 0 Å². The van der Waals surface area contributed by atoms with Crippen LogP contribution in [-0.4, -0.2) is 32.6 Å². The Morgan fingerprint density at radius 1 is 1.32 bits per heavy atom. The third-order valence-electron chi connectivity index (χ3n) is 2.88. The molecule has 130 valence electrons. The summed E-state index contributed by atoms with van der Waals surface area (Å²) < 4.78 is 5.76. The van der Waals surface area contributed by atoms with Gasteiger partial charge in [0.05, 0.1) is 4.92 Å². The van der Waals surface area contributed by atoms with Gasteiger partial charge in [-0.1, -0.05) is 15.9 Å². The van der Waals surface area contributed by atoms with Crippen LogP contribution in [-0.2, 0) is 4.79 Å². The van der Waals surface area contributed by atoms with Crippen LogP contribution in [0.1, 0.15) is 11.3 Å². The van der Waals surface area contributed by atoms with E-state index in [-0.39, 0.29) is 11.4 Å². The highest BCUT2D eigenvalue weighted by Crippen LogP contribution is 2.25. The zero-order valence-electron chi connectivity index (χ0n) is 12.3. The minimum Gasteiger partial charge on any atom is -0.481 e. The summed E-state index contributed by atoms with van der Waals surface area (Å²) in [5, 5.41) is 19.7. The molecule has 0 fully saturated rings. The molecule has 11 heteroatoms. The smallest absolute Gasteiger partial charge is 0.357 e. The Kier molecular flexibility index (Phi) is 5.49. The van der Waals surface area contributed by atoms with Crippen LogP contribution in [0.2, 0.25) is 0 Å². The van der Waals surface area contributed by atoms with Crippen molar-refractivity contribution in [1.29, 1.82) is 0 Å². The van der Waals surface area contributed by atoms with Gasteiger partial charge in [0.15, 0.2) is 6.61 Å². The number of carboxylic acids is 1. The fourth-order valence-electron chi connectivity index (χ4n) is 1.89. The van der Waals surface area contributed by atoms with Crippen LogP contribution >= 0.6 is 15.9 Å².